The van der Waals surface area contributed by atoms with Crippen LogP contribution in [-0.2, 0) is 17.6 Å². The number of hydrogen-bond donors (Lipinski definition) is 3. The van der Waals surface area contributed by atoms with Crippen molar-refractivity contribution in [1.82, 2.24) is 10.3 Å². The van der Waals surface area contributed by atoms with Gasteiger partial charge in [0.25, 0.3) is 0 Å². The van der Waals surface area contributed by atoms with E-state index in [-0.39, 0.29) is 24.7 Å². The average Bonchev–Trinajstić information content (AvgIpc) is 3.42. The molecule has 0 radical (unpaired) electrons. The van der Waals surface area contributed by atoms with Gasteiger partial charge in [-0.1, -0.05) is 18.1 Å². The van der Waals surface area contributed by atoms with E-state index in [9.17, 15) is 9.90 Å². The Morgan fingerprint density at radius 2 is 2.00 bits per heavy atom. The molecule has 0 aliphatic carbocycles. The number of carbonyl (C=O) groups excluding carboxylic acids is 1. The van der Waals surface area contributed by atoms with Crippen molar-refractivity contribution < 1.29 is 14.6 Å². The van der Waals surface area contributed by atoms with Gasteiger partial charge in [-0.3, -0.25) is 4.79 Å². The zero-order valence-corrected chi connectivity index (χ0v) is 17.1. The summed E-state index contributed by atoms with van der Waals surface area (Å²) >= 11 is 0. The fraction of sp³-hybridized carbons (Fsp3) is 0.292. The SMILES string of the molecule is C#CCOc1ccc2[nH]cc(CCNC(=O)CC3(CCc4ccc(O)cc4)N=N3)c2c1. The third-order valence-electron chi connectivity index (χ3n) is 5.35. The summed E-state index contributed by atoms with van der Waals surface area (Å²) in [7, 11) is 0. The third kappa shape index (κ3) is 5.23. The van der Waals surface area contributed by atoms with Crippen LogP contribution < -0.4 is 10.1 Å². The van der Waals surface area contributed by atoms with Crippen LogP contribution in [0.5, 0.6) is 11.5 Å². The van der Waals surface area contributed by atoms with Crippen LogP contribution >= 0.6 is 0 Å². The fourth-order valence-corrected chi connectivity index (χ4v) is 3.57. The number of aryl methyl sites for hydroxylation is 1. The van der Waals surface area contributed by atoms with Crippen molar-refractivity contribution in [1.29, 1.82) is 0 Å². The molecule has 2 heterocycles. The van der Waals surface area contributed by atoms with Gasteiger partial charge in [-0.25, -0.2) is 0 Å². The van der Waals surface area contributed by atoms with E-state index in [2.05, 4.69) is 26.4 Å². The van der Waals surface area contributed by atoms with Crippen LogP contribution in [0, 0.1) is 12.3 Å². The van der Waals surface area contributed by atoms with Crippen molar-refractivity contribution in [3.8, 4) is 23.8 Å². The molecule has 0 atom stereocenters. The number of nitrogens with one attached hydrogen (secondary N) is 2. The Balaban J connectivity index is 1.25. The highest BCUT2D eigenvalue weighted by molar-refractivity contribution is 5.84. The first kappa shape index (κ1) is 20.5. The van der Waals surface area contributed by atoms with E-state index in [0.717, 1.165) is 34.2 Å². The van der Waals surface area contributed by atoms with Gasteiger partial charge in [0.15, 0.2) is 5.66 Å². The van der Waals surface area contributed by atoms with Crippen molar-refractivity contribution in [3.63, 3.8) is 0 Å². The lowest BCUT2D eigenvalue weighted by atomic mass is 9.99. The molecule has 0 bridgehead atoms. The van der Waals surface area contributed by atoms with E-state index in [1.165, 1.54) is 0 Å². The van der Waals surface area contributed by atoms with Gasteiger partial charge in [0.1, 0.15) is 18.1 Å². The number of carbonyl (C=O) groups is 1. The first-order chi connectivity index (χ1) is 15.1. The van der Waals surface area contributed by atoms with Crippen LogP contribution in [0.25, 0.3) is 10.9 Å². The number of ether oxygens (including phenoxy) is 1. The van der Waals surface area contributed by atoms with E-state index in [4.69, 9.17) is 11.2 Å². The summed E-state index contributed by atoms with van der Waals surface area (Å²) in [4.78, 5) is 15.6. The Morgan fingerprint density at radius 3 is 2.74 bits per heavy atom. The van der Waals surface area contributed by atoms with Crippen LogP contribution in [0.15, 0.2) is 58.9 Å². The number of hydrogen-bond acceptors (Lipinski definition) is 5. The zero-order chi connectivity index (χ0) is 21.7. The number of benzene rings is 2. The number of amides is 1. The van der Waals surface area contributed by atoms with Crippen molar-refractivity contribution in [2.75, 3.05) is 13.2 Å². The summed E-state index contributed by atoms with van der Waals surface area (Å²) in [5.41, 5.74) is 2.59. The van der Waals surface area contributed by atoms with E-state index < -0.39 is 5.66 Å². The summed E-state index contributed by atoms with van der Waals surface area (Å²) in [5, 5.41) is 21.6. The molecule has 4 rings (SSSR count). The van der Waals surface area contributed by atoms with Crippen LogP contribution in [0.4, 0.5) is 0 Å². The lowest BCUT2D eigenvalue weighted by Crippen LogP contribution is -2.30. The van der Waals surface area contributed by atoms with Gasteiger partial charge in [0, 0.05) is 30.1 Å². The third-order valence-corrected chi connectivity index (χ3v) is 5.35. The Kier molecular flexibility index (Phi) is 5.89. The largest absolute Gasteiger partial charge is 0.508 e. The van der Waals surface area contributed by atoms with Crippen LogP contribution in [0.3, 0.4) is 0 Å². The topological polar surface area (TPSA) is 99.1 Å². The summed E-state index contributed by atoms with van der Waals surface area (Å²) in [6, 6.07) is 12.8. The molecule has 0 spiro atoms. The second kappa shape index (κ2) is 8.92. The van der Waals surface area contributed by atoms with E-state index in [1.54, 1.807) is 12.1 Å². The van der Waals surface area contributed by atoms with Crippen LogP contribution in [0.1, 0.15) is 24.0 Å². The number of H-pyrrole nitrogens is 1. The normalized spacial score (nSPS) is 13.6. The summed E-state index contributed by atoms with van der Waals surface area (Å²) in [6.07, 6.45) is 9.57. The van der Waals surface area contributed by atoms with Crippen molar-refractivity contribution in [2.24, 2.45) is 10.2 Å². The highest BCUT2D eigenvalue weighted by Crippen LogP contribution is 2.36. The van der Waals surface area contributed by atoms with E-state index in [0.29, 0.717) is 19.4 Å². The molecule has 1 amide bonds. The maximum atomic E-state index is 12.4. The molecule has 7 heteroatoms. The lowest BCUT2D eigenvalue weighted by molar-refractivity contribution is -0.121. The molecule has 0 fully saturated rings. The van der Waals surface area contributed by atoms with Gasteiger partial charge in [-0.15, -0.1) is 6.42 Å². The molecule has 1 aliphatic rings. The van der Waals surface area contributed by atoms with Gasteiger partial charge in [0.2, 0.25) is 5.91 Å². The Labute approximate surface area is 180 Å². The number of rotatable bonds is 10. The Morgan fingerprint density at radius 1 is 1.19 bits per heavy atom. The van der Waals surface area contributed by atoms with Gasteiger partial charge in [-0.05, 0) is 54.3 Å². The number of phenolic OH excluding ortho intramolecular Hbond substituents is 1. The predicted molar refractivity (Wildman–Crippen MR) is 118 cm³/mol. The average molecular weight is 416 g/mol. The molecule has 1 aliphatic heterocycles. The fourth-order valence-electron chi connectivity index (χ4n) is 3.57. The second-order valence-electron chi connectivity index (χ2n) is 7.64. The van der Waals surface area contributed by atoms with Gasteiger partial charge in [-0.2, -0.15) is 10.2 Å². The number of aromatic amines is 1. The molecule has 158 valence electrons. The molecule has 2 aromatic carbocycles. The molecule has 3 aromatic rings. The number of phenols is 1. The highest BCUT2D eigenvalue weighted by Gasteiger charge is 2.41. The Hall–Kier alpha value is -3.79. The van der Waals surface area contributed by atoms with E-state index >= 15 is 0 Å². The monoisotopic (exact) mass is 416 g/mol. The maximum absolute atomic E-state index is 12.4. The minimum Gasteiger partial charge on any atom is -0.508 e. The molecule has 0 saturated heterocycles. The minimum atomic E-state index is -0.605. The highest BCUT2D eigenvalue weighted by atomic mass is 16.5. The van der Waals surface area contributed by atoms with Crippen molar-refractivity contribution >= 4 is 16.8 Å². The number of aromatic nitrogens is 1. The van der Waals surface area contributed by atoms with Gasteiger partial charge < -0.3 is 20.1 Å². The molecular formula is C24H24N4O3. The summed E-state index contributed by atoms with van der Waals surface area (Å²) in [6.45, 7) is 0.751. The minimum absolute atomic E-state index is 0.0615. The maximum Gasteiger partial charge on any atom is 0.224 e. The van der Waals surface area contributed by atoms with Crippen LogP contribution in [-0.4, -0.2) is 34.8 Å². The number of fused-ring (bicyclic) bond motifs is 1. The molecule has 31 heavy (non-hydrogen) atoms. The quantitative estimate of drug-likeness (QED) is 0.439. The number of nitrogens with zero attached hydrogens (tertiary/aromatic N) is 2. The molecule has 0 unspecified atom stereocenters. The first-order valence-corrected chi connectivity index (χ1v) is 10.2. The lowest BCUT2D eigenvalue weighted by Gasteiger charge is -2.11. The van der Waals surface area contributed by atoms with Crippen LogP contribution in [0.2, 0.25) is 0 Å². The van der Waals surface area contributed by atoms with Gasteiger partial charge in [0.05, 0.1) is 6.42 Å². The molecule has 3 N–H and O–H groups in total. The second-order valence-corrected chi connectivity index (χ2v) is 7.64. The van der Waals surface area contributed by atoms with Crippen molar-refractivity contribution in [2.45, 2.75) is 31.3 Å². The summed E-state index contributed by atoms with van der Waals surface area (Å²) < 4.78 is 5.50. The van der Waals surface area contributed by atoms with Gasteiger partial charge >= 0.3 is 0 Å². The molecular weight excluding hydrogens is 392 g/mol. The zero-order valence-electron chi connectivity index (χ0n) is 17.1. The Bertz CT molecular complexity index is 1140. The molecule has 0 saturated carbocycles. The number of terminal acetylenes is 1. The van der Waals surface area contributed by atoms with E-state index in [1.807, 2.05) is 36.5 Å². The summed E-state index contributed by atoms with van der Waals surface area (Å²) in [5.74, 6) is 3.36. The molecule has 1 aromatic heterocycles. The first-order valence-electron chi connectivity index (χ1n) is 10.2. The standard InChI is InChI=1S/C24H24N4O3/c1-2-13-31-20-7-8-22-21(14-20)18(16-26-22)10-12-25-23(30)15-24(27-28-24)11-9-17-3-5-19(29)6-4-17/h1,3-8,14,16,26,29H,9-13,15H2,(H,25,30). The predicted octanol–water partition coefficient (Wildman–Crippen LogP) is 3.73. The molecule has 7 nitrogen and oxygen atoms in total. The van der Waals surface area contributed by atoms with Crippen molar-refractivity contribution in [3.05, 3.63) is 59.8 Å². The number of aromatic hydroxyl groups is 1. The smallest absolute Gasteiger partial charge is 0.224 e.